The fourth-order valence-electron chi connectivity index (χ4n) is 10.8. The average Bonchev–Trinajstić information content (AvgIpc) is 3.75. The zero-order valence-electron chi connectivity index (χ0n) is 36.7. The van der Waals surface area contributed by atoms with Crippen molar-refractivity contribution in [3.05, 3.63) is 235 Å². The first-order valence-corrected chi connectivity index (χ1v) is 24.3. The summed E-state index contributed by atoms with van der Waals surface area (Å²) in [6.45, 7) is 11.9. The van der Waals surface area contributed by atoms with Crippen LogP contribution in [-0.4, -0.2) is 8.07 Å². The standard InChI is InChI=1S/C61H51NSi/c1-60(2,3)45-38-47(40-49(39-45)63(48-25-13-8-14-26-48)58-31-19-16-28-52(58)53-29-17-20-32-59(53)63)62(46-34-35-51-50-27-15-18-30-55(50)61(4,5)56(51)41-46)57-36-33-44(42-21-9-6-10-22-42)37-54(57)43-23-11-7-12-24-43/h6-41H,1-5H3. The highest BCUT2D eigenvalue weighted by molar-refractivity contribution is 7.22. The van der Waals surface area contributed by atoms with E-state index in [4.69, 9.17) is 0 Å². The molecule has 1 aliphatic heterocycles. The van der Waals surface area contributed by atoms with Crippen LogP contribution in [0.4, 0.5) is 17.1 Å². The minimum Gasteiger partial charge on any atom is -0.310 e. The maximum absolute atomic E-state index is 2.86. The molecule has 0 saturated heterocycles. The van der Waals surface area contributed by atoms with Crippen molar-refractivity contribution in [3.8, 4) is 44.5 Å². The lowest BCUT2D eigenvalue weighted by Crippen LogP contribution is -2.73. The van der Waals surface area contributed by atoms with Crippen molar-refractivity contribution in [2.24, 2.45) is 0 Å². The van der Waals surface area contributed by atoms with Gasteiger partial charge in [-0.1, -0.05) is 217 Å². The SMILES string of the molecule is CC(C)(C)c1cc(N(c2ccc3c(c2)C(C)(C)c2ccccc2-3)c2ccc(-c3ccccc3)cc2-c2ccccc2)cc([Si]2(c3ccccc3)c3ccccc3-c3ccccc32)c1. The van der Waals surface area contributed by atoms with Crippen LogP contribution >= 0.6 is 0 Å². The first kappa shape index (κ1) is 38.9. The Morgan fingerprint density at radius 1 is 0.381 bits per heavy atom. The van der Waals surface area contributed by atoms with E-state index in [9.17, 15) is 0 Å². The molecule has 11 rings (SSSR count). The third-order valence-electron chi connectivity index (χ3n) is 13.9. The van der Waals surface area contributed by atoms with Crippen LogP contribution in [0.15, 0.2) is 218 Å². The molecule has 0 spiro atoms. The van der Waals surface area contributed by atoms with Crippen LogP contribution in [0.25, 0.3) is 44.5 Å². The first-order valence-electron chi connectivity index (χ1n) is 22.3. The van der Waals surface area contributed by atoms with Gasteiger partial charge in [0.05, 0.1) is 5.69 Å². The largest absolute Gasteiger partial charge is 0.310 e. The van der Waals surface area contributed by atoms with E-state index >= 15 is 0 Å². The lowest BCUT2D eigenvalue weighted by Gasteiger charge is -2.36. The highest BCUT2D eigenvalue weighted by atomic mass is 28.3. The Labute approximate surface area is 374 Å². The molecule has 9 aromatic rings. The summed E-state index contributed by atoms with van der Waals surface area (Å²) < 4.78 is 0. The van der Waals surface area contributed by atoms with Gasteiger partial charge in [-0.2, -0.15) is 0 Å². The van der Waals surface area contributed by atoms with E-state index < -0.39 is 8.07 Å². The molecule has 0 atom stereocenters. The van der Waals surface area contributed by atoms with Crippen LogP contribution in [0.5, 0.6) is 0 Å². The van der Waals surface area contributed by atoms with Gasteiger partial charge in [0, 0.05) is 22.4 Å². The Morgan fingerprint density at radius 2 is 0.937 bits per heavy atom. The lowest BCUT2D eigenvalue weighted by molar-refractivity contribution is 0.591. The van der Waals surface area contributed by atoms with Gasteiger partial charge in [-0.05, 0) is 118 Å². The van der Waals surface area contributed by atoms with Gasteiger partial charge in [0.2, 0.25) is 0 Å². The summed E-state index contributed by atoms with van der Waals surface area (Å²) in [4.78, 5) is 2.58. The smallest absolute Gasteiger partial charge is 0.180 e. The van der Waals surface area contributed by atoms with E-state index in [-0.39, 0.29) is 10.8 Å². The number of hydrogen-bond donors (Lipinski definition) is 0. The van der Waals surface area contributed by atoms with E-state index in [0.717, 1.165) is 11.4 Å². The molecule has 1 nitrogen and oxygen atoms in total. The number of anilines is 3. The maximum Gasteiger partial charge on any atom is 0.180 e. The molecule has 63 heavy (non-hydrogen) atoms. The first-order chi connectivity index (χ1) is 30.6. The lowest BCUT2D eigenvalue weighted by atomic mass is 9.82. The van der Waals surface area contributed by atoms with Gasteiger partial charge in [0.25, 0.3) is 0 Å². The Hall–Kier alpha value is -7.00. The van der Waals surface area contributed by atoms with Gasteiger partial charge in [0.1, 0.15) is 0 Å². The van der Waals surface area contributed by atoms with Crippen LogP contribution in [0.3, 0.4) is 0 Å². The quantitative estimate of drug-likeness (QED) is 0.145. The Morgan fingerprint density at radius 3 is 1.59 bits per heavy atom. The maximum atomic E-state index is 2.58. The van der Waals surface area contributed by atoms with Crippen molar-refractivity contribution in [1.82, 2.24) is 0 Å². The van der Waals surface area contributed by atoms with Crippen molar-refractivity contribution in [1.29, 1.82) is 0 Å². The van der Waals surface area contributed by atoms with Gasteiger partial charge in [-0.25, -0.2) is 0 Å². The number of nitrogens with zero attached hydrogens (tertiary/aromatic N) is 1. The molecule has 2 heteroatoms. The number of rotatable bonds is 7. The molecule has 9 aromatic carbocycles. The fraction of sp³-hybridized carbons (Fsp3) is 0.115. The van der Waals surface area contributed by atoms with E-state index in [0.29, 0.717) is 0 Å². The van der Waals surface area contributed by atoms with E-state index in [1.54, 1.807) is 0 Å². The van der Waals surface area contributed by atoms with Crippen molar-refractivity contribution in [2.75, 3.05) is 4.90 Å². The third kappa shape index (κ3) is 6.19. The van der Waals surface area contributed by atoms with Crippen molar-refractivity contribution >= 4 is 45.9 Å². The topological polar surface area (TPSA) is 3.24 Å². The average molecular weight is 826 g/mol. The van der Waals surface area contributed by atoms with Crippen LogP contribution in [0, 0.1) is 0 Å². The fourth-order valence-corrected chi connectivity index (χ4v) is 16.0. The second kappa shape index (κ2) is 14.8. The Bertz CT molecular complexity index is 3130. The normalized spacial score (nSPS) is 14.0. The van der Waals surface area contributed by atoms with Gasteiger partial charge in [0.15, 0.2) is 8.07 Å². The molecule has 0 unspecified atom stereocenters. The summed E-state index contributed by atoms with van der Waals surface area (Å²) in [5, 5.41) is 5.71. The van der Waals surface area contributed by atoms with Gasteiger partial charge >= 0.3 is 0 Å². The molecule has 0 bridgehead atoms. The predicted molar refractivity (Wildman–Crippen MR) is 271 cm³/mol. The monoisotopic (exact) mass is 825 g/mol. The molecule has 0 amide bonds. The zero-order valence-corrected chi connectivity index (χ0v) is 37.7. The Balaban J connectivity index is 1.24. The molecule has 2 aliphatic rings. The molecule has 1 aliphatic carbocycles. The van der Waals surface area contributed by atoms with Crippen molar-refractivity contribution < 1.29 is 0 Å². The number of benzene rings is 9. The summed E-state index contributed by atoms with van der Waals surface area (Å²) in [5.41, 5.74) is 17.4. The minimum atomic E-state index is -2.86. The van der Waals surface area contributed by atoms with Crippen LogP contribution in [0.1, 0.15) is 51.3 Å². The summed E-state index contributed by atoms with van der Waals surface area (Å²) in [6.07, 6.45) is 0. The molecule has 1 heterocycles. The molecular weight excluding hydrogens is 775 g/mol. The zero-order chi connectivity index (χ0) is 42.9. The van der Waals surface area contributed by atoms with Crippen LogP contribution in [-0.2, 0) is 10.8 Å². The molecule has 0 N–H and O–H groups in total. The number of hydrogen-bond acceptors (Lipinski definition) is 1. The second-order valence-electron chi connectivity index (χ2n) is 18.9. The van der Waals surface area contributed by atoms with Crippen molar-refractivity contribution in [2.45, 2.75) is 45.4 Å². The molecular formula is C61H51NSi. The van der Waals surface area contributed by atoms with E-state index in [2.05, 4.69) is 258 Å². The highest BCUT2D eigenvalue weighted by Crippen LogP contribution is 2.51. The molecule has 304 valence electrons. The Kier molecular flexibility index (Phi) is 9.15. The third-order valence-corrected chi connectivity index (χ3v) is 18.7. The number of fused-ring (bicyclic) bond motifs is 6. The summed E-state index contributed by atoms with van der Waals surface area (Å²) in [7, 11) is -2.86. The molecule has 0 saturated carbocycles. The van der Waals surface area contributed by atoms with E-state index in [1.807, 2.05) is 0 Å². The summed E-state index contributed by atoms with van der Waals surface area (Å²) in [5.74, 6) is 0. The molecule has 0 aromatic heterocycles. The summed E-state index contributed by atoms with van der Waals surface area (Å²) >= 11 is 0. The molecule has 0 fully saturated rings. The van der Waals surface area contributed by atoms with E-state index in [1.165, 1.54) is 87.6 Å². The van der Waals surface area contributed by atoms with Crippen LogP contribution < -0.4 is 25.6 Å². The minimum absolute atomic E-state index is 0.138. The van der Waals surface area contributed by atoms with Gasteiger partial charge in [-0.15, -0.1) is 0 Å². The van der Waals surface area contributed by atoms with Crippen LogP contribution in [0.2, 0.25) is 0 Å². The van der Waals surface area contributed by atoms with Crippen molar-refractivity contribution in [3.63, 3.8) is 0 Å². The highest BCUT2D eigenvalue weighted by Gasteiger charge is 2.49. The second-order valence-corrected chi connectivity index (χ2v) is 22.7. The van der Waals surface area contributed by atoms with Gasteiger partial charge < -0.3 is 4.90 Å². The van der Waals surface area contributed by atoms with Gasteiger partial charge in [-0.3, -0.25) is 0 Å². The predicted octanol–water partition coefficient (Wildman–Crippen LogP) is 13.5. The summed E-state index contributed by atoms with van der Waals surface area (Å²) in [6, 6.07) is 82.5. The molecule has 0 radical (unpaired) electrons.